The molecule has 0 N–H and O–H groups in total. The predicted molar refractivity (Wildman–Crippen MR) is 71.3 cm³/mol. The van der Waals surface area contributed by atoms with Crippen molar-refractivity contribution in [3.8, 4) is 11.1 Å². The van der Waals surface area contributed by atoms with E-state index in [1.165, 1.54) is 27.8 Å². The highest BCUT2D eigenvalue weighted by atomic mass is 35.5. The van der Waals surface area contributed by atoms with Crippen molar-refractivity contribution in [2.75, 3.05) is 0 Å². The van der Waals surface area contributed by atoms with Gasteiger partial charge in [-0.1, -0.05) is 48.0 Å². The highest BCUT2D eigenvalue weighted by Gasteiger charge is 2.25. The van der Waals surface area contributed by atoms with Crippen molar-refractivity contribution in [2.24, 2.45) is 4.99 Å². The van der Waals surface area contributed by atoms with Crippen LogP contribution in [-0.4, -0.2) is 5.17 Å². The van der Waals surface area contributed by atoms with E-state index in [4.69, 9.17) is 11.6 Å². The molecule has 2 heteroatoms. The Hall–Kier alpha value is -1.60. The van der Waals surface area contributed by atoms with Crippen LogP contribution in [0.4, 0.5) is 5.69 Å². The lowest BCUT2D eigenvalue weighted by Gasteiger charge is -2.05. The van der Waals surface area contributed by atoms with Crippen molar-refractivity contribution in [2.45, 2.75) is 12.8 Å². The molecule has 0 spiro atoms. The van der Waals surface area contributed by atoms with Crippen LogP contribution in [0.2, 0.25) is 0 Å². The molecule has 0 unspecified atom stereocenters. The van der Waals surface area contributed by atoms with E-state index < -0.39 is 0 Å². The van der Waals surface area contributed by atoms with E-state index in [9.17, 15) is 0 Å². The maximum Gasteiger partial charge on any atom is 0.111 e. The van der Waals surface area contributed by atoms with Gasteiger partial charge in [0, 0.05) is 12.0 Å². The summed E-state index contributed by atoms with van der Waals surface area (Å²) in [6.45, 7) is 0. The molecule has 0 saturated heterocycles. The van der Waals surface area contributed by atoms with Gasteiger partial charge in [-0.25, -0.2) is 4.99 Å². The predicted octanol–water partition coefficient (Wildman–Crippen LogP) is 4.08. The van der Waals surface area contributed by atoms with Crippen LogP contribution >= 0.6 is 11.6 Å². The fraction of sp³-hybridized carbons (Fsp3) is 0.133. The molecule has 17 heavy (non-hydrogen) atoms. The van der Waals surface area contributed by atoms with Gasteiger partial charge in [-0.3, -0.25) is 0 Å². The molecule has 0 amide bonds. The molecule has 82 valence electrons. The molecule has 2 aromatic carbocycles. The monoisotopic (exact) mass is 239 g/mol. The molecular formula is C15H10ClN. The molecule has 1 nitrogen and oxygen atoms in total. The Bertz CT molecular complexity index is 671. The SMILES string of the molecule is ClC1=Nc2c(ccc3c2-c2ccccc2C3)C1. The maximum atomic E-state index is 6.06. The Morgan fingerprint density at radius 3 is 2.65 bits per heavy atom. The Balaban J connectivity index is 2.07. The molecule has 0 saturated carbocycles. The normalized spacial score (nSPS) is 15.2. The molecule has 0 fully saturated rings. The van der Waals surface area contributed by atoms with Crippen LogP contribution in [-0.2, 0) is 12.8 Å². The minimum absolute atomic E-state index is 0.706. The second-order valence-electron chi connectivity index (χ2n) is 4.61. The molecular weight excluding hydrogens is 230 g/mol. The maximum absolute atomic E-state index is 6.06. The van der Waals surface area contributed by atoms with Crippen molar-refractivity contribution in [1.82, 2.24) is 0 Å². The van der Waals surface area contributed by atoms with Gasteiger partial charge in [0.25, 0.3) is 0 Å². The van der Waals surface area contributed by atoms with E-state index in [2.05, 4.69) is 41.4 Å². The molecule has 4 rings (SSSR count). The summed E-state index contributed by atoms with van der Waals surface area (Å²) < 4.78 is 0. The summed E-state index contributed by atoms with van der Waals surface area (Å²) in [5.41, 5.74) is 7.75. The summed E-state index contributed by atoms with van der Waals surface area (Å²) in [7, 11) is 0. The van der Waals surface area contributed by atoms with Crippen LogP contribution < -0.4 is 0 Å². The van der Waals surface area contributed by atoms with Crippen molar-refractivity contribution in [3.05, 3.63) is 53.1 Å². The smallest absolute Gasteiger partial charge is 0.111 e. The average Bonchev–Trinajstić information content (AvgIpc) is 2.87. The Kier molecular flexibility index (Phi) is 1.78. The van der Waals surface area contributed by atoms with E-state index in [0.717, 1.165) is 18.5 Å². The molecule has 1 aliphatic heterocycles. The topological polar surface area (TPSA) is 12.4 Å². The van der Waals surface area contributed by atoms with Gasteiger partial charge >= 0.3 is 0 Å². The van der Waals surface area contributed by atoms with Crippen molar-refractivity contribution < 1.29 is 0 Å². The second kappa shape index (κ2) is 3.21. The number of hydrogen-bond donors (Lipinski definition) is 0. The highest BCUT2D eigenvalue weighted by Crippen LogP contribution is 2.46. The van der Waals surface area contributed by atoms with Gasteiger partial charge in [0.2, 0.25) is 0 Å². The Labute approximate surface area is 105 Å². The number of nitrogens with zero attached hydrogens (tertiary/aromatic N) is 1. The first kappa shape index (κ1) is 9.43. The van der Waals surface area contributed by atoms with Crippen LogP contribution in [0.3, 0.4) is 0 Å². The van der Waals surface area contributed by atoms with E-state index in [0.29, 0.717) is 5.17 Å². The lowest BCUT2D eigenvalue weighted by molar-refractivity contribution is 1.25. The van der Waals surface area contributed by atoms with Crippen LogP contribution in [0.25, 0.3) is 11.1 Å². The lowest BCUT2D eigenvalue weighted by Crippen LogP contribution is -1.86. The van der Waals surface area contributed by atoms with Crippen LogP contribution in [0.5, 0.6) is 0 Å². The molecule has 2 aromatic rings. The molecule has 1 aliphatic carbocycles. The zero-order valence-electron chi connectivity index (χ0n) is 9.20. The van der Waals surface area contributed by atoms with E-state index in [-0.39, 0.29) is 0 Å². The van der Waals surface area contributed by atoms with Gasteiger partial charge < -0.3 is 0 Å². The largest absolute Gasteiger partial charge is 0.240 e. The first-order chi connectivity index (χ1) is 8.33. The van der Waals surface area contributed by atoms with Gasteiger partial charge in [0.05, 0.1) is 5.69 Å². The fourth-order valence-corrected chi connectivity index (χ4v) is 3.06. The van der Waals surface area contributed by atoms with Gasteiger partial charge in [0.15, 0.2) is 0 Å². The van der Waals surface area contributed by atoms with E-state index >= 15 is 0 Å². The zero-order chi connectivity index (χ0) is 11.4. The quantitative estimate of drug-likeness (QED) is 0.561. The highest BCUT2D eigenvalue weighted by molar-refractivity contribution is 6.66. The van der Waals surface area contributed by atoms with E-state index in [1.807, 2.05) is 0 Å². The van der Waals surface area contributed by atoms with Crippen molar-refractivity contribution in [3.63, 3.8) is 0 Å². The molecule has 0 atom stereocenters. The number of fused-ring (bicyclic) bond motifs is 5. The first-order valence-corrected chi connectivity index (χ1v) is 6.17. The molecule has 0 radical (unpaired) electrons. The minimum atomic E-state index is 0.706. The zero-order valence-corrected chi connectivity index (χ0v) is 9.96. The average molecular weight is 240 g/mol. The van der Waals surface area contributed by atoms with Crippen LogP contribution in [0.15, 0.2) is 41.4 Å². The number of benzene rings is 2. The summed E-state index contributed by atoms with van der Waals surface area (Å²) in [6.07, 6.45) is 1.80. The molecule has 1 heterocycles. The van der Waals surface area contributed by atoms with Crippen LogP contribution in [0, 0.1) is 0 Å². The summed E-state index contributed by atoms with van der Waals surface area (Å²) in [6, 6.07) is 13.0. The third-order valence-electron chi connectivity index (χ3n) is 3.58. The van der Waals surface area contributed by atoms with Crippen LogP contribution in [0.1, 0.15) is 16.7 Å². The Morgan fingerprint density at radius 2 is 1.71 bits per heavy atom. The second-order valence-corrected chi connectivity index (χ2v) is 5.04. The Morgan fingerprint density at radius 1 is 0.882 bits per heavy atom. The summed E-state index contributed by atoms with van der Waals surface area (Å²) in [4.78, 5) is 4.50. The van der Waals surface area contributed by atoms with Gasteiger partial charge in [-0.15, -0.1) is 0 Å². The first-order valence-electron chi connectivity index (χ1n) is 5.79. The molecule has 0 aromatic heterocycles. The fourth-order valence-electron chi connectivity index (χ4n) is 2.84. The third-order valence-corrected chi connectivity index (χ3v) is 3.80. The number of rotatable bonds is 0. The number of hydrogen-bond acceptors (Lipinski definition) is 1. The molecule has 0 bridgehead atoms. The third kappa shape index (κ3) is 1.23. The van der Waals surface area contributed by atoms with Gasteiger partial charge in [0.1, 0.15) is 5.17 Å². The van der Waals surface area contributed by atoms with E-state index in [1.54, 1.807) is 0 Å². The van der Waals surface area contributed by atoms with Gasteiger partial charge in [-0.2, -0.15) is 0 Å². The van der Waals surface area contributed by atoms with Crippen molar-refractivity contribution >= 4 is 22.5 Å². The standard InChI is InChI=1S/C15H10ClN/c16-13-8-11-6-5-10-7-9-3-1-2-4-12(9)14(10)15(11)17-13/h1-6H,7-8H2. The lowest BCUT2D eigenvalue weighted by atomic mass is 10.00. The number of aliphatic imine (C=N–C) groups is 1. The summed E-state index contributed by atoms with van der Waals surface area (Å²) in [5.74, 6) is 0. The minimum Gasteiger partial charge on any atom is -0.240 e. The summed E-state index contributed by atoms with van der Waals surface area (Å²) >= 11 is 6.06. The van der Waals surface area contributed by atoms with Gasteiger partial charge in [-0.05, 0) is 28.7 Å². The summed E-state index contributed by atoms with van der Waals surface area (Å²) in [5, 5.41) is 0.706. The number of halogens is 1. The van der Waals surface area contributed by atoms with Crippen molar-refractivity contribution in [1.29, 1.82) is 0 Å². The molecule has 2 aliphatic rings.